The minimum Gasteiger partial charge on any atom is -0.383 e. The van der Waals surface area contributed by atoms with Crippen LogP contribution in [-0.4, -0.2) is 18.2 Å². The summed E-state index contributed by atoms with van der Waals surface area (Å²) >= 11 is 0. The summed E-state index contributed by atoms with van der Waals surface area (Å²) in [6.07, 6.45) is -3.85. The summed E-state index contributed by atoms with van der Waals surface area (Å²) in [4.78, 5) is 16.9. The Kier molecular flexibility index (Phi) is 5.57. The summed E-state index contributed by atoms with van der Waals surface area (Å²) < 4.78 is 37.4. The number of hydrogen-bond donors (Lipinski definition) is 1. The van der Waals surface area contributed by atoms with Crippen molar-refractivity contribution in [1.29, 1.82) is 0 Å². The van der Waals surface area contributed by atoms with Crippen LogP contribution in [-0.2, 0) is 15.8 Å². The average molecular weight is 336 g/mol. The largest absolute Gasteiger partial charge is 0.416 e. The Labute approximate surface area is 136 Å². The van der Waals surface area contributed by atoms with Crippen LogP contribution in [0.3, 0.4) is 0 Å². The number of amides is 1. The van der Waals surface area contributed by atoms with Gasteiger partial charge in [0.05, 0.1) is 11.8 Å². The fraction of sp³-hybridized carbons (Fsp3) is 0.176. The van der Waals surface area contributed by atoms with Crippen molar-refractivity contribution in [3.05, 3.63) is 65.7 Å². The van der Waals surface area contributed by atoms with Crippen molar-refractivity contribution in [3.8, 4) is 0 Å². The molecular weight excluding hydrogens is 321 g/mol. The van der Waals surface area contributed by atoms with Crippen molar-refractivity contribution in [3.63, 3.8) is 0 Å². The number of carbonyl (C=O) groups is 1. The number of hydrogen-bond acceptors (Lipinski definition) is 3. The summed E-state index contributed by atoms with van der Waals surface area (Å²) in [5.74, 6) is -0.514. The summed E-state index contributed by atoms with van der Waals surface area (Å²) in [5, 5.41) is 6.18. The minimum absolute atomic E-state index is 0.246. The molecule has 2 aromatic rings. The van der Waals surface area contributed by atoms with Crippen LogP contribution in [0.1, 0.15) is 18.1 Å². The number of nitrogens with zero attached hydrogens (tertiary/aromatic N) is 1. The predicted molar refractivity (Wildman–Crippen MR) is 84.7 cm³/mol. The van der Waals surface area contributed by atoms with Gasteiger partial charge in [0.2, 0.25) is 6.10 Å². The van der Waals surface area contributed by atoms with E-state index in [2.05, 4.69) is 10.5 Å². The van der Waals surface area contributed by atoms with Gasteiger partial charge in [0.1, 0.15) is 0 Å². The van der Waals surface area contributed by atoms with E-state index in [1.807, 2.05) is 30.3 Å². The first kappa shape index (κ1) is 17.5. The summed E-state index contributed by atoms with van der Waals surface area (Å²) in [7, 11) is 0. The molecule has 0 saturated heterocycles. The molecule has 0 fully saturated rings. The molecule has 0 bridgehead atoms. The van der Waals surface area contributed by atoms with Crippen molar-refractivity contribution in [1.82, 2.24) is 0 Å². The molecule has 1 atom stereocenters. The molecule has 2 rings (SSSR count). The third kappa shape index (κ3) is 5.12. The summed E-state index contributed by atoms with van der Waals surface area (Å²) in [6, 6.07) is 13.3. The number of rotatable bonds is 5. The van der Waals surface area contributed by atoms with E-state index in [0.717, 1.165) is 17.7 Å². The second-order valence-electron chi connectivity index (χ2n) is 4.96. The van der Waals surface area contributed by atoms with Crippen molar-refractivity contribution in [2.75, 3.05) is 5.32 Å². The highest BCUT2D eigenvalue weighted by atomic mass is 19.4. The van der Waals surface area contributed by atoms with E-state index in [-0.39, 0.29) is 5.69 Å². The van der Waals surface area contributed by atoms with Gasteiger partial charge in [0.15, 0.2) is 0 Å². The maximum absolute atomic E-state index is 12.5. The van der Waals surface area contributed by atoms with Crippen LogP contribution in [0.15, 0.2) is 59.8 Å². The zero-order chi connectivity index (χ0) is 17.6. The first-order valence-corrected chi connectivity index (χ1v) is 7.08. The van der Waals surface area contributed by atoms with E-state index >= 15 is 0 Å². The molecular formula is C17H15F3N2O2. The predicted octanol–water partition coefficient (Wildman–Crippen LogP) is 4.08. The number of nitrogens with one attached hydrogen (secondary N) is 1. The quantitative estimate of drug-likeness (QED) is 0.661. The molecule has 24 heavy (non-hydrogen) atoms. The lowest BCUT2D eigenvalue weighted by molar-refractivity contribution is -0.137. The zero-order valence-corrected chi connectivity index (χ0v) is 12.7. The molecule has 1 N–H and O–H groups in total. The van der Waals surface area contributed by atoms with Crippen molar-refractivity contribution in [2.45, 2.75) is 19.2 Å². The highest BCUT2D eigenvalue weighted by Gasteiger charge is 2.30. The fourth-order valence-electron chi connectivity index (χ4n) is 1.76. The first-order valence-electron chi connectivity index (χ1n) is 7.08. The second kappa shape index (κ2) is 7.63. The minimum atomic E-state index is -4.41. The maximum Gasteiger partial charge on any atom is 0.416 e. The Morgan fingerprint density at radius 2 is 1.75 bits per heavy atom. The molecule has 0 aliphatic heterocycles. The van der Waals surface area contributed by atoms with Gasteiger partial charge in [-0.25, -0.2) is 0 Å². The highest BCUT2D eigenvalue weighted by Crippen LogP contribution is 2.29. The number of oxime groups is 1. The molecule has 7 heteroatoms. The summed E-state index contributed by atoms with van der Waals surface area (Å²) in [6.45, 7) is 1.49. The topological polar surface area (TPSA) is 50.7 Å². The molecule has 2 aromatic carbocycles. The standard InChI is InChI=1S/C17H15F3N2O2/c1-12(24-21-11-13-5-3-2-4-6-13)16(23)22-15-9-7-14(8-10-15)17(18,19)20/h2-12H,1H3,(H,22,23)/b21-11-/t12-/m0/s1. The summed E-state index contributed by atoms with van der Waals surface area (Å²) in [5.41, 5.74) is 0.278. The van der Waals surface area contributed by atoms with E-state index in [0.29, 0.717) is 0 Å². The average Bonchev–Trinajstić information content (AvgIpc) is 2.55. The molecule has 0 aromatic heterocycles. The fourth-order valence-corrected chi connectivity index (χ4v) is 1.76. The Morgan fingerprint density at radius 3 is 2.33 bits per heavy atom. The van der Waals surface area contributed by atoms with Gasteiger partial charge in [-0.05, 0) is 36.8 Å². The second-order valence-corrected chi connectivity index (χ2v) is 4.96. The van der Waals surface area contributed by atoms with Crippen LogP contribution in [0.4, 0.5) is 18.9 Å². The third-order valence-corrected chi connectivity index (χ3v) is 3.07. The van der Waals surface area contributed by atoms with Gasteiger partial charge in [-0.2, -0.15) is 13.2 Å². The van der Waals surface area contributed by atoms with Crippen LogP contribution >= 0.6 is 0 Å². The van der Waals surface area contributed by atoms with Gasteiger partial charge in [-0.1, -0.05) is 35.5 Å². The van der Waals surface area contributed by atoms with Gasteiger partial charge in [0, 0.05) is 5.69 Å². The molecule has 1 amide bonds. The van der Waals surface area contributed by atoms with Gasteiger partial charge in [0.25, 0.3) is 5.91 Å². The third-order valence-electron chi connectivity index (χ3n) is 3.07. The van der Waals surface area contributed by atoms with Crippen LogP contribution in [0.5, 0.6) is 0 Å². The Bertz CT molecular complexity index is 698. The maximum atomic E-state index is 12.5. The molecule has 0 aliphatic carbocycles. The smallest absolute Gasteiger partial charge is 0.383 e. The molecule has 0 unspecified atom stereocenters. The number of alkyl halides is 3. The monoisotopic (exact) mass is 336 g/mol. The lowest BCUT2D eigenvalue weighted by Crippen LogP contribution is -2.26. The van der Waals surface area contributed by atoms with E-state index in [9.17, 15) is 18.0 Å². The molecule has 0 saturated carbocycles. The molecule has 126 valence electrons. The molecule has 0 spiro atoms. The molecule has 0 heterocycles. The molecule has 0 radical (unpaired) electrons. The zero-order valence-electron chi connectivity index (χ0n) is 12.7. The molecule has 4 nitrogen and oxygen atoms in total. The number of carbonyl (C=O) groups excluding carboxylic acids is 1. The Balaban J connectivity index is 1.88. The lowest BCUT2D eigenvalue weighted by atomic mass is 10.2. The van der Waals surface area contributed by atoms with Gasteiger partial charge in [-0.3, -0.25) is 4.79 Å². The van der Waals surface area contributed by atoms with Gasteiger partial charge in [-0.15, -0.1) is 0 Å². The van der Waals surface area contributed by atoms with Crippen molar-refractivity contribution in [2.24, 2.45) is 5.16 Å². The van der Waals surface area contributed by atoms with E-state index < -0.39 is 23.8 Å². The van der Waals surface area contributed by atoms with Crippen LogP contribution in [0.25, 0.3) is 0 Å². The van der Waals surface area contributed by atoms with E-state index in [4.69, 9.17) is 4.84 Å². The number of halogens is 3. The molecule has 0 aliphatic rings. The van der Waals surface area contributed by atoms with E-state index in [1.54, 1.807) is 0 Å². The first-order chi connectivity index (χ1) is 11.4. The SMILES string of the molecule is C[C@H](O/N=C\c1ccccc1)C(=O)Nc1ccc(C(F)(F)F)cc1. The Hall–Kier alpha value is -2.83. The lowest BCUT2D eigenvalue weighted by Gasteiger charge is -2.11. The normalized spacial score (nSPS) is 12.8. The van der Waals surface area contributed by atoms with Crippen molar-refractivity contribution < 1.29 is 22.8 Å². The van der Waals surface area contributed by atoms with Gasteiger partial charge >= 0.3 is 6.18 Å². The van der Waals surface area contributed by atoms with Crippen LogP contribution in [0.2, 0.25) is 0 Å². The van der Waals surface area contributed by atoms with E-state index in [1.165, 1.54) is 25.3 Å². The van der Waals surface area contributed by atoms with Crippen LogP contribution < -0.4 is 5.32 Å². The highest BCUT2D eigenvalue weighted by molar-refractivity contribution is 5.94. The Morgan fingerprint density at radius 1 is 1.12 bits per heavy atom. The number of anilines is 1. The number of benzene rings is 2. The van der Waals surface area contributed by atoms with Crippen LogP contribution in [0, 0.1) is 0 Å². The van der Waals surface area contributed by atoms with Gasteiger partial charge < -0.3 is 10.2 Å². The van der Waals surface area contributed by atoms with Crippen molar-refractivity contribution >= 4 is 17.8 Å².